The lowest BCUT2D eigenvalue weighted by atomic mass is 10.1. The van der Waals surface area contributed by atoms with E-state index < -0.39 is 0 Å². The van der Waals surface area contributed by atoms with Gasteiger partial charge < -0.3 is 20.3 Å². The Bertz CT molecular complexity index is 669. The second kappa shape index (κ2) is 11.3. The SMILES string of the molecule is CCOC(=O)N1CCC(NC(=O)CCCNC(=O)Cc2ccccc2C)CC1. The summed E-state index contributed by atoms with van der Waals surface area (Å²) in [6.45, 7) is 5.83. The number of piperidine rings is 1. The number of carbonyl (C=O) groups excluding carboxylic acids is 3. The van der Waals surface area contributed by atoms with Crippen molar-refractivity contribution in [3.8, 4) is 0 Å². The second-order valence-corrected chi connectivity index (χ2v) is 7.08. The zero-order valence-corrected chi connectivity index (χ0v) is 16.8. The standard InChI is InChI=1S/C21H31N3O4/c1-3-28-21(27)24-13-10-18(11-14-24)23-19(25)9-6-12-22-20(26)15-17-8-5-4-7-16(17)2/h4-5,7-8,18H,3,6,9-15H2,1-2H3,(H,22,26)(H,23,25). The van der Waals surface area contributed by atoms with Gasteiger partial charge in [0.25, 0.3) is 0 Å². The van der Waals surface area contributed by atoms with E-state index in [9.17, 15) is 14.4 Å². The fraction of sp³-hybridized carbons (Fsp3) is 0.571. The zero-order chi connectivity index (χ0) is 20.4. The maximum atomic E-state index is 12.1. The molecular weight excluding hydrogens is 358 g/mol. The Morgan fingerprint density at radius 2 is 1.86 bits per heavy atom. The van der Waals surface area contributed by atoms with Crippen molar-refractivity contribution in [2.24, 2.45) is 0 Å². The predicted octanol–water partition coefficient (Wildman–Crippen LogP) is 2.17. The summed E-state index contributed by atoms with van der Waals surface area (Å²) in [5.74, 6) is -0.0382. The van der Waals surface area contributed by atoms with Crippen molar-refractivity contribution in [1.82, 2.24) is 15.5 Å². The minimum absolute atomic E-state index is 0.0114. The monoisotopic (exact) mass is 389 g/mol. The molecule has 1 aliphatic rings. The van der Waals surface area contributed by atoms with Crippen LogP contribution in [0.2, 0.25) is 0 Å². The Morgan fingerprint density at radius 3 is 2.54 bits per heavy atom. The average Bonchev–Trinajstić information content (AvgIpc) is 2.68. The summed E-state index contributed by atoms with van der Waals surface area (Å²) in [4.78, 5) is 37.4. The van der Waals surface area contributed by atoms with Crippen LogP contribution in [0.25, 0.3) is 0 Å². The molecule has 1 heterocycles. The van der Waals surface area contributed by atoms with E-state index in [0.29, 0.717) is 45.5 Å². The number of aryl methyl sites for hydroxylation is 1. The van der Waals surface area contributed by atoms with Crippen LogP contribution in [0.15, 0.2) is 24.3 Å². The highest BCUT2D eigenvalue weighted by molar-refractivity contribution is 5.79. The van der Waals surface area contributed by atoms with Crippen molar-refractivity contribution in [2.75, 3.05) is 26.2 Å². The molecule has 1 saturated heterocycles. The van der Waals surface area contributed by atoms with Gasteiger partial charge in [-0.2, -0.15) is 0 Å². The molecule has 7 heteroatoms. The number of amides is 3. The minimum atomic E-state index is -0.284. The van der Waals surface area contributed by atoms with Crippen molar-refractivity contribution >= 4 is 17.9 Å². The molecule has 0 aliphatic carbocycles. The molecule has 3 amide bonds. The number of nitrogens with zero attached hydrogens (tertiary/aromatic N) is 1. The van der Waals surface area contributed by atoms with Crippen molar-refractivity contribution in [3.63, 3.8) is 0 Å². The topological polar surface area (TPSA) is 87.7 Å². The number of rotatable bonds is 8. The molecule has 1 fully saturated rings. The summed E-state index contributed by atoms with van der Waals surface area (Å²) < 4.78 is 4.99. The van der Waals surface area contributed by atoms with Crippen molar-refractivity contribution in [2.45, 2.75) is 52.0 Å². The largest absolute Gasteiger partial charge is 0.450 e. The van der Waals surface area contributed by atoms with Gasteiger partial charge in [0, 0.05) is 32.1 Å². The van der Waals surface area contributed by atoms with E-state index >= 15 is 0 Å². The summed E-state index contributed by atoms with van der Waals surface area (Å²) in [7, 11) is 0. The van der Waals surface area contributed by atoms with Crippen LogP contribution >= 0.6 is 0 Å². The number of carbonyl (C=O) groups is 3. The number of ether oxygens (including phenoxy) is 1. The van der Waals surface area contributed by atoms with Crippen LogP contribution in [0.1, 0.15) is 43.7 Å². The second-order valence-electron chi connectivity index (χ2n) is 7.08. The fourth-order valence-corrected chi connectivity index (χ4v) is 3.24. The molecule has 2 rings (SSSR count). The summed E-state index contributed by atoms with van der Waals surface area (Å²) in [5, 5.41) is 5.89. The highest BCUT2D eigenvalue weighted by Gasteiger charge is 2.24. The van der Waals surface area contributed by atoms with Crippen LogP contribution in [0.5, 0.6) is 0 Å². The fourth-order valence-electron chi connectivity index (χ4n) is 3.24. The van der Waals surface area contributed by atoms with Gasteiger partial charge in [-0.05, 0) is 44.2 Å². The van der Waals surface area contributed by atoms with Gasteiger partial charge in [-0.1, -0.05) is 24.3 Å². The molecule has 0 spiro atoms. The highest BCUT2D eigenvalue weighted by Crippen LogP contribution is 2.12. The number of hydrogen-bond donors (Lipinski definition) is 2. The van der Waals surface area contributed by atoms with Crippen LogP contribution in [0.3, 0.4) is 0 Å². The van der Waals surface area contributed by atoms with Crippen molar-refractivity contribution in [3.05, 3.63) is 35.4 Å². The van der Waals surface area contributed by atoms with Gasteiger partial charge in [0.1, 0.15) is 0 Å². The average molecular weight is 389 g/mol. The lowest BCUT2D eigenvalue weighted by Gasteiger charge is -2.31. The molecule has 0 saturated carbocycles. The number of benzene rings is 1. The maximum Gasteiger partial charge on any atom is 0.409 e. The third-order valence-corrected chi connectivity index (χ3v) is 4.90. The van der Waals surface area contributed by atoms with E-state index in [2.05, 4.69) is 10.6 Å². The first kappa shape index (κ1) is 21.7. The van der Waals surface area contributed by atoms with E-state index in [0.717, 1.165) is 24.0 Å². The van der Waals surface area contributed by atoms with E-state index in [-0.39, 0.29) is 23.9 Å². The molecule has 0 radical (unpaired) electrons. The van der Waals surface area contributed by atoms with Gasteiger partial charge in [0.05, 0.1) is 13.0 Å². The van der Waals surface area contributed by atoms with Gasteiger partial charge in [-0.3, -0.25) is 9.59 Å². The number of hydrogen-bond acceptors (Lipinski definition) is 4. The first-order chi connectivity index (χ1) is 13.5. The molecule has 154 valence electrons. The molecule has 1 aromatic carbocycles. The quantitative estimate of drug-likeness (QED) is 0.667. The normalized spacial score (nSPS) is 14.4. The van der Waals surface area contributed by atoms with E-state index in [1.165, 1.54) is 0 Å². The molecular formula is C21H31N3O4. The van der Waals surface area contributed by atoms with Crippen LogP contribution in [-0.2, 0) is 20.7 Å². The Labute approximate surface area is 166 Å². The highest BCUT2D eigenvalue weighted by atomic mass is 16.6. The van der Waals surface area contributed by atoms with Gasteiger partial charge in [-0.15, -0.1) is 0 Å². The van der Waals surface area contributed by atoms with E-state index in [4.69, 9.17) is 4.74 Å². The van der Waals surface area contributed by atoms with Crippen molar-refractivity contribution < 1.29 is 19.1 Å². The van der Waals surface area contributed by atoms with Crippen molar-refractivity contribution in [1.29, 1.82) is 0 Å². The van der Waals surface area contributed by atoms with Gasteiger partial charge in [0.15, 0.2) is 0 Å². The Morgan fingerprint density at radius 1 is 1.14 bits per heavy atom. The van der Waals surface area contributed by atoms with Crippen LogP contribution in [0, 0.1) is 6.92 Å². The Hall–Kier alpha value is -2.57. The van der Waals surface area contributed by atoms with Crippen LogP contribution in [-0.4, -0.2) is 55.1 Å². The first-order valence-electron chi connectivity index (χ1n) is 10.0. The zero-order valence-electron chi connectivity index (χ0n) is 16.8. The van der Waals surface area contributed by atoms with Gasteiger partial charge in [-0.25, -0.2) is 4.79 Å². The van der Waals surface area contributed by atoms with Crippen LogP contribution in [0.4, 0.5) is 4.79 Å². The molecule has 28 heavy (non-hydrogen) atoms. The molecule has 2 N–H and O–H groups in total. The summed E-state index contributed by atoms with van der Waals surface area (Å²) in [5.41, 5.74) is 2.12. The first-order valence-corrected chi connectivity index (χ1v) is 10.0. The molecule has 0 bridgehead atoms. The maximum absolute atomic E-state index is 12.1. The lowest BCUT2D eigenvalue weighted by Crippen LogP contribution is -2.46. The Balaban J connectivity index is 1.57. The molecule has 1 aromatic rings. The molecule has 0 aromatic heterocycles. The van der Waals surface area contributed by atoms with E-state index in [1.54, 1.807) is 11.8 Å². The Kier molecular flexibility index (Phi) is 8.78. The third-order valence-electron chi connectivity index (χ3n) is 4.90. The van der Waals surface area contributed by atoms with Crippen LogP contribution < -0.4 is 10.6 Å². The van der Waals surface area contributed by atoms with E-state index in [1.807, 2.05) is 31.2 Å². The molecule has 7 nitrogen and oxygen atoms in total. The van der Waals surface area contributed by atoms with Gasteiger partial charge in [0.2, 0.25) is 11.8 Å². The van der Waals surface area contributed by atoms with Gasteiger partial charge >= 0.3 is 6.09 Å². The lowest BCUT2D eigenvalue weighted by molar-refractivity contribution is -0.123. The molecule has 0 unspecified atom stereocenters. The third kappa shape index (κ3) is 7.21. The number of nitrogens with one attached hydrogen (secondary N) is 2. The number of likely N-dealkylation sites (tertiary alicyclic amines) is 1. The minimum Gasteiger partial charge on any atom is -0.450 e. The smallest absolute Gasteiger partial charge is 0.409 e. The summed E-state index contributed by atoms with van der Waals surface area (Å²) in [6, 6.07) is 7.92. The molecule has 1 aliphatic heterocycles. The predicted molar refractivity (Wildman–Crippen MR) is 107 cm³/mol. The summed E-state index contributed by atoms with van der Waals surface area (Å²) in [6.07, 6.45) is 2.53. The summed E-state index contributed by atoms with van der Waals surface area (Å²) >= 11 is 0. The molecule has 0 atom stereocenters.